The smallest absolute Gasteiger partial charge is 0.587 e. The molecule has 2 aliphatic heterocycles. The summed E-state index contributed by atoms with van der Waals surface area (Å²) in [5.41, 5.74) is 1.92. The summed E-state index contributed by atoms with van der Waals surface area (Å²) in [6.45, 7) is 32.5. The van der Waals surface area contributed by atoms with Crippen LogP contribution in [0.4, 0.5) is 0 Å². The van der Waals surface area contributed by atoms with Crippen LogP contribution >= 0.6 is 47.8 Å². The minimum atomic E-state index is -0.425. The van der Waals surface area contributed by atoms with Crippen molar-refractivity contribution in [2.45, 2.75) is 207 Å². The van der Waals surface area contributed by atoms with Crippen molar-refractivity contribution in [3.8, 4) is 0 Å². The number of alkyl halides is 3. The van der Waals surface area contributed by atoms with Crippen LogP contribution in [0.2, 0.25) is 0 Å². The van der Waals surface area contributed by atoms with Gasteiger partial charge in [0.15, 0.2) is 6.54 Å². The minimum absolute atomic E-state index is 0. The molecule has 1 aromatic heterocycles. The summed E-state index contributed by atoms with van der Waals surface area (Å²) in [7, 11) is 0. The molecule has 0 atom stereocenters. The van der Waals surface area contributed by atoms with Gasteiger partial charge in [-0.25, -0.2) is 9.13 Å². The Kier molecular flexibility index (Phi) is 49.7. The molecule has 18 heteroatoms. The van der Waals surface area contributed by atoms with Gasteiger partial charge in [-0.05, 0) is 98.5 Å². The van der Waals surface area contributed by atoms with Crippen molar-refractivity contribution in [2.24, 2.45) is 41.4 Å². The molecule has 0 N–H and O–H groups in total. The molecule has 2 aliphatic rings. The number of imide groups is 2. The molecule has 0 saturated carbocycles. The van der Waals surface area contributed by atoms with Crippen molar-refractivity contribution in [1.29, 1.82) is 0 Å². The second kappa shape index (κ2) is 50.0. The fraction of sp³-hybridized carbons (Fsp3) is 0.686. The van der Waals surface area contributed by atoms with Gasteiger partial charge in [-0.1, -0.05) is 221 Å². The number of carbonyl (C=O) groups excluding carboxylic acids is 7. The predicted molar refractivity (Wildman–Crippen MR) is 371 cm³/mol. The Balaban J connectivity index is 0. The third-order valence-electron chi connectivity index (χ3n) is 14.1. The minimum Gasteiger partial charge on any atom is -0.587 e. The number of aryl methyl sites for hydroxylation is 1. The molecule has 0 saturated heterocycles. The quantitative estimate of drug-likeness (QED) is 0.0184. The number of benzene rings is 2. The van der Waals surface area contributed by atoms with Crippen LogP contribution in [0, 0.1) is 41.4 Å². The predicted octanol–water partition coefficient (Wildman–Crippen LogP) is 13.7. The molecule has 14 nitrogen and oxygen atoms in total. The first-order valence-electron chi connectivity index (χ1n) is 31.8. The van der Waals surface area contributed by atoms with E-state index in [1.54, 1.807) is 48.5 Å². The second-order valence-electron chi connectivity index (χ2n) is 25.5. The number of nitrogens with zero attached hydrogens (tertiary/aromatic N) is 7. The molecule has 3 aromatic rings. The van der Waals surface area contributed by atoms with E-state index < -0.39 is 11.8 Å². The van der Waals surface area contributed by atoms with Crippen LogP contribution in [0.25, 0.3) is 5.32 Å². The van der Waals surface area contributed by atoms with Gasteiger partial charge in [-0.15, -0.1) is 0 Å². The van der Waals surface area contributed by atoms with Crippen molar-refractivity contribution in [3.05, 3.63) is 94.8 Å². The van der Waals surface area contributed by atoms with Gasteiger partial charge < -0.3 is 29.6 Å². The maximum atomic E-state index is 13.6. The largest absolute Gasteiger partial charge is 1.00 e. The molecule has 0 unspecified atom stereocenters. The van der Waals surface area contributed by atoms with Crippen molar-refractivity contribution in [3.63, 3.8) is 0 Å². The van der Waals surface area contributed by atoms with Gasteiger partial charge in [0, 0.05) is 85.8 Å². The number of rotatable bonds is 36. The topological polar surface area (TPSA) is 155 Å². The molecule has 0 radical (unpaired) electrons. The average Bonchev–Trinajstić information content (AvgIpc) is 2.08. The third-order valence-corrected chi connectivity index (χ3v) is 15.8. The fourth-order valence-electron chi connectivity index (χ4n) is 10.3. The zero-order chi connectivity index (χ0) is 63.4. The van der Waals surface area contributed by atoms with E-state index in [2.05, 4.69) is 147 Å². The molecule has 0 aliphatic carbocycles. The Bertz CT molecular complexity index is 2310. The Labute approximate surface area is 602 Å². The summed E-state index contributed by atoms with van der Waals surface area (Å²) in [6.07, 6.45) is 21.8. The molecule has 7 amide bonds. The number of hydrogen-bond donors (Lipinski definition) is 0. The van der Waals surface area contributed by atoms with Crippen molar-refractivity contribution in [1.82, 2.24) is 24.2 Å². The van der Waals surface area contributed by atoms with Gasteiger partial charge in [-0.2, -0.15) is 0 Å². The Morgan fingerprint density at radius 1 is 0.466 bits per heavy atom. The summed E-state index contributed by atoms with van der Waals surface area (Å²) in [5.74, 6) is 2.08. The van der Waals surface area contributed by atoms with Gasteiger partial charge in [0.2, 0.25) is 18.1 Å². The Morgan fingerprint density at radius 3 is 1.16 bits per heavy atom. The number of amides is 7. The normalized spacial score (nSPS) is 12.2. The van der Waals surface area contributed by atoms with E-state index in [4.69, 9.17) is 0 Å². The number of hydrogen-bond acceptors (Lipinski definition) is 7. The zero-order valence-corrected chi connectivity index (χ0v) is 63.0. The molecule has 494 valence electrons. The summed E-state index contributed by atoms with van der Waals surface area (Å²) >= 11 is 10.2. The van der Waals surface area contributed by atoms with Crippen LogP contribution in [0.1, 0.15) is 236 Å². The fourth-order valence-corrected chi connectivity index (χ4v) is 11.5. The number of halogens is 3. The van der Waals surface area contributed by atoms with Gasteiger partial charge in [0.1, 0.15) is 12.4 Å². The standard InChI is InChI=1S/C40H76N5O3.C14H16BrNO2.C8H5NO2.C6H12Br2.2CH4.K/c1-31(2)23-43(24-32(3)4)38(46)21-37(22-39(47)44(25-33(5)6)26-34(7)8)17-15-13-14-16-18-41-19-20-42(30-41)29-40(48)45(27-35(9)10)28-36(11)12;15-9-5-1-2-6-10-16-13(17)11-7-3-4-8-12(11)14(16)18;10-7-5-3-1-2-4-6(5)8(11)9-7;7-5-3-1-2-4-6-8;;;/h19-20,30-37H,13-18,21-29H2,1-12H3;3-4,7-8H,1-2,5-6,9-10H2;1-4H,(H,9,10,11);1-6H2;2*1H4;/q+1;;;;;;+1/p-1. The Hall–Kier alpha value is -2.58. The van der Waals surface area contributed by atoms with Crippen LogP contribution in [-0.4, -0.2) is 127 Å². The van der Waals surface area contributed by atoms with E-state index in [-0.39, 0.29) is 102 Å². The molecule has 0 bridgehead atoms. The first-order chi connectivity index (χ1) is 40.4. The maximum Gasteiger partial charge on any atom is 1.00 e. The van der Waals surface area contributed by atoms with Gasteiger partial charge >= 0.3 is 51.4 Å². The van der Waals surface area contributed by atoms with Crippen molar-refractivity contribution >= 4 is 89.1 Å². The summed E-state index contributed by atoms with van der Waals surface area (Å²) in [5, 5.41) is 6.62. The molecule has 2 aromatic carbocycles. The van der Waals surface area contributed by atoms with Crippen LogP contribution in [0.5, 0.6) is 0 Å². The number of carbonyl (C=O) groups is 7. The molecular weight excluding hydrogens is 1330 g/mol. The van der Waals surface area contributed by atoms with E-state index in [9.17, 15) is 33.6 Å². The average molecular weight is 1450 g/mol. The summed E-state index contributed by atoms with van der Waals surface area (Å²) in [4.78, 5) is 93.5. The zero-order valence-electron chi connectivity index (χ0n) is 55.1. The molecular formula is C70H116Br3KN7O7+. The van der Waals surface area contributed by atoms with E-state index >= 15 is 0 Å². The first kappa shape index (κ1) is 87.5. The number of imidazole rings is 1. The maximum absolute atomic E-state index is 13.6. The van der Waals surface area contributed by atoms with Gasteiger partial charge in [0.25, 0.3) is 17.7 Å². The van der Waals surface area contributed by atoms with E-state index in [0.717, 1.165) is 120 Å². The molecule has 0 fully saturated rings. The summed E-state index contributed by atoms with van der Waals surface area (Å²) in [6, 6.07) is 13.7. The van der Waals surface area contributed by atoms with Crippen molar-refractivity contribution < 1.29 is 89.5 Å². The van der Waals surface area contributed by atoms with E-state index in [0.29, 0.717) is 83.7 Å². The van der Waals surface area contributed by atoms with E-state index in [1.165, 1.54) is 30.6 Å². The van der Waals surface area contributed by atoms with Gasteiger partial charge in [0.05, 0.1) is 29.5 Å². The molecule has 88 heavy (non-hydrogen) atoms. The third kappa shape index (κ3) is 36.0. The van der Waals surface area contributed by atoms with Crippen LogP contribution in [0.15, 0.2) is 67.3 Å². The van der Waals surface area contributed by atoms with Crippen LogP contribution in [0.3, 0.4) is 0 Å². The Morgan fingerprint density at radius 2 is 0.795 bits per heavy atom. The first-order valence-corrected chi connectivity index (χ1v) is 35.2. The number of fused-ring (bicyclic) bond motifs is 2. The van der Waals surface area contributed by atoms with Crippen LogP contribution < -0.4 is 56.0 Å². The monoisotopic (exact) mass is 1440 g/mol. The summed E-state index contributed by atoms with van der Waals surface area (Å²) < 4.78 is 4.18. The SMILES string of the molecule is BrCCCCCCBr.C.C.CC(C)CN(CC(C)C)C(=O)CC(CCCCCCn1cc[n+](CC(=O)N(CC(C)C)CC(C)C)c1)CC(=O)N(CC(C)C)CC(C)C.O=C1[N-]C(=O)c2ccccc21.O=C1c2ccccc2C(=O)N1CCCCCCBr.[K+]. The van der Waals surface area contributed by atoms with Crippen molar-refractivity contribution in [2.75, 3.05) is 61.8 Å². The molecule has 3 heterocycles. The number of unbranched alkanes of at least 4 members (excludes halogenated alkanes) is 9. The van der Waals surface area contributed by atoms with Crippen LogP contribution in [-0.2, 0) is 27.5 Å². The molecule has 0 spiro atoms. The second-order valence-corrected chi connectivity index (χ2v) is 27.9. The van der Waals surface area contributed by atoms with E-state index in [1.807, 2.05) is 31.8 Å². The molecule has 5 rings (SSSR count). The van der Waals surface area contributed by atoms with Gasteiger partial charge in [-0.3, -0.25) is 28.9 Å². The number of aromatic nitrogens is 2.